The standard InChI is InChI=1S/C12H22N2O2/c13-12(16)9-4-3-7-14(8-9)10-5-1-2-6-11(10)15/h9-11,15H,1-8H2,(H2,13,16). The topological polar surface area (TPSA) is 66.6 Å². The lowest BCUT2D eigenvalue weighted by Crippen LogP contribution is -2.51. The zero-order valence-electron chi connectivity index (χ0n) is 9.77. The third kappa shape index (κ3) is 2.55. The summed E-state index contributed by atoms with van der Waals surface area (Å²) in [5.41, 5.74) is 5.37. The molecule has 1 saturated heterocycles. The molecule has 0 aromatic carbocycles. The van der Waals surface area contributed by atoms with E-state index in [1.165, 1.54) is 6.42 Å². The third-order valence-corrected chi connectivity index (χ3v) is 4.02. The molecule has 2 fully saturated rings. The Balaban J connectivity index is 1.95. The number of rotatable bonds is 2. The minimum absolute atomic E-state index is 0.0112. The molecule has 1 aliphatic heterocycles. The van der Waals surface area contributed by atoms with Crippen molar-refractivity contribution < 1.29 is 9.90 Å². The van der Waals surface area contributed by atoms with E-state index >= 15 is 0 Å². The van der Waals surface area contributed by atoms with Gasteiger partial charge >= 0.3 is 0 Å². The van der Waals surface area contributed by atoms with E-state index in [0.29, 0.717) is 0 Å². The summed E-state index contributed by atoms with van der Waals surface area (Å²) in [5, 5.41) is 9.99. The van der Waals surface area contributed by atoms with Gasteiger partial charge in [0.1, 0.15) is 0 Å². The first-order chi connectivity index (χ1) is 7.68. The second-order valence-electron chi connectivity index (χ2n) is 5.16. The largest absolute Gasteiger partial charge is 0.391 e. The van der Waals surface area contributed by atoms with Gasteiger partial charge in [0.15, 0.2) is 0 Å². The van der Waals surface area contributed by atoms with Crippen LogP contribution >= 0.6 is 0 Å². The molecule has 92 valence electrons. The summed E-state index contributed by atoms with van der Waals surface area (Å²) in [5.74, 6) is -0.196. The van der Waals surface area contributed by atoms with Crippen LogP contribution in [-0.4, -0.2) is 41.1 Å². The molecular formula is C12H22N2O2. The van der Waals surface area contributed by atoms with E-state index in [1.807, 2.05) is 0 Å². The van der Waals surface area contributed by atoms with E-state index < -0.39 is 0 Å². The van der Waals surface area contributed by atoms with Crippen LogP contribution in [0.2, 0.25) is 0 Å². The Kier molecular flexibility index (Phi) is 3.82. The Morgan fingerprint density at radius 1 is 1.19 bits per heavy atom. The van der Waals surface area contributed by atoms with Gasteiger partial charge in [0.05, 0.1) is 12.0 Å². The second kappa shape index (κ2) is 5.15. The first kappa shape index (κ1) is 11.9. The summed E-state index contributed by atoms with van der Waals surface area (Å²) in [6, 6.07) is 0.260. The molecule has 0 spiro atoms. The number of carbonyl (C=O) groups is 1. The van der Waals surface area contributed by atoms with Gasteiger partial charge in [0.2, 0.25) is 5.91 Å². The molecule has 2 aliphatic rings. The van der Waals surface area contributed by atoms with Crippen LogP contribution in [-0.2, 0) is 4.79 Å². The van der Waals surface area contributed by atoms with Crippen molar-refractivity contribution in [3.8, 4) is 0 Å². The highest BCUT2D eigenvalue weighted by Crippen LogP contribution is 2.27. The van der Waals surface area contributed by atoms with E-state index in [1.54, 1.807) is 0 Å². The van der Waals surface area contributed by atoms with Crippen molar-refractivity contribution in [2.75, 3.05) is 13.1 Å². The van der Waals surface area contributed by atoms with Crippen molar-refractivity contribution >= 4 is 5.91 Å². The maximum atomic E-state index is 11.2. The molecule has 2 rings (SSSR count). The first-order valence-electron chi connectivity index (χ1n) is 6.40. The second-order valence-corrected chi connectivity index (χ2v) is 5.16. The molecule has 0 bridgehead atoms. The summed E-state index contributed by atoms with van der Waals surface area (Å²) in [6.45, 7) is 1.75. The average Bonchev–Trinajstić information content (AvgIpc) is 2.30. The first-order valence-corrected chi connectivity index (χ1v) is 6.40. The number of carbonyl (C=O) groups excluding carboxylic acids is 1. The van der Waals surface area contributed by atoms with Crippen molar-refractivity contribution in [2.24, 2.45) is 11.7 Å². The van der Waals surface area contributed by atoms with Crippen molar-refractivity contribution in [1.29, 1.82) is 0 Å². The van der Waals surface area contributed by atoms with Gasteiger partial charge in [-0.15, -0.1) is 0 Å². The van der Waals surface area contributed by atoms with E-state index in [-0.39, 0.29) is 24.0 Å². The molecule has 0 aromatic heterocycles. The van der Waals surface area contributed by atoms with Gasteiger partial charge in [-0.3, -0.25) is 9.69 Å². The van der Waals surface area contributed by atoms with Gasteiger partial charge in [0, 0.05) is 12.6 Å². The molecule has 1 aliphatic carbocycles. The van der Waals surface area contributed by atoms with Crippen LogP contribution in [0.5, 0.6) is 0 Å². The molecule has 1 heterocycles. The Labute approximate surface area is 96.8 Å². The van der Waals surface area contributed by atoms with E-state index in [0.717, 1.165) is 45.2 Å². The van der Waals surface area contributed by atoms with Gasteiger partial charge < -0.3 is 10.8 Å². The number of hydrogen-bond donors (Lipinski definition) is 2. The van der Waals surface area contributed by atoms with Crippen molar-refractivity contribution in [3.63, 3.8) is 0 Å². The smallest absolute Gasteiger partial charge is 0.221 e. The van der Waals surface area contributed by atoms with Crippen LogP contribution in [0.1, 0.15) is 38.5 Å². The fraction of sp³-hybridized carbons (Fsp3) is 0.917. The average molecular weight is 226 g/mol. The lowest BCUT2D eigenvalue weighted by Gasteiger charge is -2.41. The minimum atomic E-state index is -0.208. The molecule has 4 heteroatoms. The van der Waals surface area contributed by atoms with Crippen LogP contribution < -0.4 is 5.73 Å². The Morgan fingerprint density at radius 3 is 2.62 bits per heavy atom. The van der Waals surface area contributed by atoms with Crippen molar-refractivity contribution in [2.45, 2.75) is 50.7 Å². The van der Waals surface area contributed by atoms with Crippen molar-refractivity contribution in [1.82, 2.24) is 4.90 Å². The SMILES string of the molecule is NC(=O)C1CCCN(C2CCCCC2O)C1. The highest BCUT2D eigenvalue weighted by atomic mass is 16.3. The van der Waals surface area contributed by atoms with Crippen LogP contribution in [0, 0.1) is 5.92 Å². The number of amides is 1. The molecule has 0 radical (unpaired) electrons. The molecule has 3 atom stereocenters. The molecular weight excluding hydrogens is 204 g/mol. The van der Waals surface area contributed by atoms with Crippen LogP contribution in [0.25, 0.3) is 0 Å². The quantitative estimate of drug-likeness (QED) is 0.720. The predicted octanol–water partition coefficient (Wildman–Crippen LogP) is 0.487. The Hall–Kier alpha value is -0.610. The summed E-state index contributed by atoms with van der Waals surface area (Å²) >= 11 is 0. The van der Waals surface area contributed by atoms with E-state index in [2.05, 4.69) is 4.90 Å². The highest BCUT2D eigenvalue weighted by Gasteiger charge is 2.33. The maximum Gasteiger partial charge on any atom is 0.221 e. The maximum absolute atomic E-state index is 11.2. The third-order valence-electron chi connectivity index (χ3n) is 4.02. The number of nitrogens with two attached hydrogens (primary N) is 1. The molecule has 4 nitrogen and oxygen atoms in total. The molecule has 3 N–H and O–H groups in total. The molecule has 0 aromatic rings. The summed E-state index contributed by atoms with van der Waals surface area (Å²) in [6.07, 6.45) is 6.02. The van der Waals surface area contributed by atoms with Crippen LogP contribution in [0.15, 0.2) is 0 Å². The van der Waals surface area contributed by atoms with Gasteiger partial charge in [-0.05, 0) is 32.2 Å². The molecule has 1 saturated carbocycles. The Morgan fingerprint density at radius 2 is 1.94 bits per heavy atom. The van der Waals surface area contributed by atoms with Gasteiger partial charge in [-0.25, -0.2) is 0 Å². The number of piperidine rings is 1. The van der Waals surface area contributed by atoms with Gasteiger partial charge in [0.25, 0.3) is 0 Å². The number of nitrogens with zero attached hydrogens (tertiary/aromatic N) is 1. The summed E-state index contributed by atoms with van der Waals surface area (Å²) in [7, 11) is 0. The number of primary amides is 1. The fourth-order valence-electron chi connectivity index (χ4n) is 3.06. The van der Waals surface area contributed by atoms with Crippen molar-refractivity contribution in [3.05, 3.63) is 0 Å². The lowest BCUT2D eigenvalue weighted by molar-refractivity contribution is -0.124. The number of aliphatic hydroxyl groups excluding tert-OH is 1. The van der Waals surface area contributed by atoms with Crippen LogP contribution in [0.3, 0.4) is 0 Å². The summed E-state index contributed by atoms with van der Waals surface area (Å²) in [4.78, 5) is 13.5. The van der Waals surface area contributed by atoms with Gasteiger partial charge in [-0.1, -0.05) is 12.8 Å². The monoisotopic (exact) mass is 226 g/mol. The predicted molar refractivity (Wildman–Crippen MR) is 61.8 cm³/mol. The number of likely N-dealkylation sites (tertiary alicyclic amines) is 1. The highest BCUT2D eigenvalue weighted by molar-refractivity contribution is 5.76. The van der Waals surface area contributed by atoms with E-state index in [4.69, 9.17) is 5.73 Å². The Bertz CT molecular complexity index is 257. The molecule has 16 heavy (non-hydrogen) atoms. The summed E-state index contributed by atoms with van der Waals surface area (Å²) < 4.78 is 0. The van der Waals surface area contributed by atoms with Crippen LogP contribution in [0.4, 0.5) is 0 Å². The molecule has 3 unspecified atom stereocenters. The zero-order chi connectivity index (χ0) is 11.5. The number of aliphatic hydroxyl groups is 1. The fourth-order valence-corrected chi connectivity index (χ4v) is 3.06. The van der Waals surface area contributed by atoms with Gasteiger partial charge in [-0.2, -0.15) is 0 Å². The zero-order valence-corrected chi connectivity index (χ0v) is 9.77. The lowest BCUT2D eigenvalue weighted by atomic mass is 9.88. The minimum Gasteiger partial charge on any atom is -0.391 e. The number of hydrogen-bond acceptors (Lipinski definition) is 3. The normalized spacial score (nSPS) is 37.2. The van der Waals surface area contributed by atoms with E-state index in [9.17, 15) is 9.90 Å². The molecule has 1 amide bonds.